The summed E-state index contributed by atoms with van der Waals surface area (Å²) in [5.41, 5.74) is 0.860. The number of nitrogens with zero attached hydrogens (tertiary/aromatic N) is 1. The monoisotopic (exact) mass is 551 g/mol. The van der Waals surface area contributed by atoms with Crippen molar-refractivity contribution >= 4 is 35.5 Å². The Balaban J connectivity index is 1.68. The molecule has 3 N–H and O–H groups in total. The third-order valence-electron chi connectivity index (χ3n) is 7.32. The molecule has 210 valence electrons. The van der Waals surface area contributed by atoms with Crippen LogP contribution in [0.1, 0.15) is 63.0 Å². The minimum absolute atomic E-state index is 0.0712. The SMILES string of the molecule is COC(=O)NCCOC(c1cccc(Cl)c1)C1CCCN(C(=O)NC(CC2CCCCC2)C(=O)C(=O)O)C1. The van der Waals surface area contributed by atoms with E-state index in [9.17, 15) is 24.3 Å². The van der Waals surface area contributed by atoms with Crippen LogP contribution in [-0.2, 0) is 19.1 Å². The van der Waals surface area contributed by atoms with Crippen LogP contribution in [-0.4, -0.2) is 73.3 Å². The van der Waals surface area contributed by atoms with E-state index in [4.69, 9.17) is 16.3 Å². The number of ketones is 1. The third-order valence-corrected chi connectivity index (χ3v) is 7.56. The second kappa shape index (κ2) is 14.9. The van der Waals surface area contributed by atoms with Gasteiger partial charge in [-0.1, -0.05) is 55.8 Å². The predicted octanol–water partition coefficient (Wildman–Crippen LogP) is 4.17. The standard InChI is InChI=1S/C27H38ClN3O7/c1-37-27(36)29-12-14-38-24(19-9-5-11-21(28)16-19)20-10-6-13-31(17-20)26(35)30-22(23(32)25(33)34)15-18-7-3-2-4-8-18/h5,9,11,16,18,20,22,24H,2-4,6-8,10,12-15,17H2,1H3,(H,29,36)(H,30,35)(H,33,34). The third kappa shape index (κ3) is 8.87. The number of Topliss-reactive ketones (excluding diaryl/α,β-unsaturated/α-hetero) is 1. The van der Waals surface area contributed by atoms with E-state index in [2.05, 4.69) is 15.4 Å². The highest BCUT2D eigenvalue weighted by atomic mass is 35.5. The number of carbonyl (C=O) groups is 4. The summed E-state index contributed by atoms with van der Waals surface area (Å²) in [6.45, 7) is 1.34. The first-order valence-corrected chi connectivity index (χ1v) is 13.7. The Kier molecular flexibility index (Phi) is 11.7. The van der Waals surface area contributed by atoms with E-state index in [-0.39, 0.29) is 31.1 Å². The first-order valence-electron chi connectivity index (χ1n) is 13.3. The topological polar surface area (TPSA) is 134 Å². The Morgan fingerprint density at radius 3 is 2.58 bits per heavy atom. The summed E-state index contributed by atoms with van der Waals surface area (Å²) in [6, 6.07) is 5.85. The molecule has 3 unspecified atom stereocenters. The van der Waals surface area contributed by atoms with Crippen molar-refractivity contribution in [2.75, 3.05) is 33.4 Å². The Bertz CT molecular complexity index is 970. The fraction of sp³-hybridized carbons (Fsp3) is 0.630. The maximum absolute atomic E-state index is 13.3. The number of nitrogens with one attached hydrogen (secondary N) is 2. The number of aliphatic carboxylic acids is 1. The molecule has 0 radical (unpaired) electrons. The van der Waals surface area contributed by atoms with Gasteiger partial charge in [-0.05, 0) is 42.9 Å². The van der Waals surface area contributed by atoms with Gasteiger partial charge in [0.1, 0.15) is 6.04 Å². The van der Waals surface area contributed by atoms with Gasteiger partial charge in [-0.3, -0.25) is 4.79 Å². The minimum atomic E-state index is -1.53. The van der Waals surface area contributed by atoms with Crippen LogP contribution in [0.2, 0.25) is 5.02 Å². The number of alkyl carbamates (subject to hydrolysis) is 1. The molecule has 11 heteroatoms. The second-order valence-corrected chi connectivity index (χ2v) is 10.5. The summed E-state index contributed by atoms with van der Waals surface area (Å²) >= 11 is 6.24. The molecule has 2 fully saturated rings. The van der Waals surface area contributed by atoms with E-state index in [0.29, 0.717) is 24.5 Å². The lowest BCUT2D eigenvalue weighted by Gasteiger charge is -2.38. The maximum atomic E-state index is 13.3. The van der Waals surface area contributed by atoms with E-state index < -0.39 is 29.9 Å². The van der Waals surface area contributed by atoms with Crippen molar-refractivity contribution in [1.29, 1.82) is 0 Å². The molecular formula is C27H38ClN3O7. The van der Waals surface area contributed by atoms with Gasteiger partial charge in [-0.2, -0.15) is 0 Å². The zero-order valence-corrected chi connectivity index (χ0v) is 22.6. The molecule has 1 aromatic rings. The fourth-order valence-corrected chi connectivity index (χ4v) is 5.62. The lowest BCUT2D eigenvalue weighted by atomic mass is 9.84. The van der Waals surface area contributed by atoms with Crippen molar-refractivity contribution in [3.8, 4) is 0 Å². The van der Waals surface area contributed by atoms with Crippen molar-refractivity contribution in [3.05, 3.63) is 34.9 Å². The predicted molar refractivity (Wildman–Crippen MR) is 141 cm³/mol. The molecule has 2 aliphatic rings. The summed E-state index contributed by atoms with van der Waals surface area (Å²) in [5, 5.41) is 15.2. The van der Waals surface area contributed by atoms with Gasteiger partial charge in [0.25, 0.3) is 5.78 Å². The second-order valence-electron chi connectivity index (χ2n) is 10.0. The Morgan fingerprint density at radius 1 is 1.13 bits per heavy atom. The number of methoxy groups -OCH3 is 1. The van der Waals surface area contributed by atoms with Crippen LogP contribution in [0.15, 0.2) is 24.3 Å². The van der Waals surface area contributed by atoms with Crippen molar-refractivity contribution < 1.29 is 33.8 Å². The number of halogens is 1. The smallest absolute Gasteiger partial charge is 0.406 e. The van der Waals surface area contributed by atoms with E-state index in [1.165, 1.54) is 7.11 Å². The van der Waals surface area contributed by atoms with Crippen LogP contribution in [0.3, 0.4) is 0 Å². The Labute approximate surface area is 228 Å². The zero-order valence-electron chi connectivity index (χ0n) is 21.8. The number of carboxylic acids is 1. The van der Waals surface area contributed by atoms with Crippen molar-refractivity contribution in [1.82, 2.24) is 15.5 Å². The number of ether oxygens (including phenoxy) is 2. The average Bonchev–Trinajstić information content (AvgIpc) is 2.92. The average molecular weight is 552 g/mol. The van der Waals surface area contributed by atoms with Gasteiger partial charge in [0.2, 0.25) is 0 Å². The molecule has 1 aliphatic heterocycles. The molecule has 3 atom stereocenters. The van der Waals surface area contributed by atoms with E-state index in [1.807, 2.05) is 18.2 Å². The van der Waals surface area contributed by atoms with Gasteiger partial charge in [0.05, 0.1) is 19.8 Å². The number of piperidine rings is 1. The molecule has 1 aliphatic carbocycles. The first kappa shape index (κ1) is 29.7. The highest BCUT2D eigenvalue weighted by Gasteiger charge is 2.35. The van der Waals surface area contributed by atoms with Gasteiger partial charge in [-0.25, -0.2) is 14.4 Å². The normalized spacial score (nSPS) is 19.7. The molecule has 3 amide bonds. The molecule has 1 saturated heterocycles. The fourth-order valence-electron chi connectivity index (χ4n) is 5.42. The number of rotatable bonds is 11. The number of urea groups is 1. The molecule has 1 saturated carbocycles. The molecule has 10 nitrogen and oxygen atoms in total. The van der Waals surface area contributed by atoms with E-state index >= 15 is 0 Å². The number of hydrogen-bond donors (Lipinski definition) is 3. The van der Waals surface area contributed by atoms with Gasteiger partial charge in [0, 0.05) is 30.6 Å². The van der Waals surface area contributed by atoms with Crippen molar-refractivity contribution in [2.45, 2.75) is 63.5 Å². The number of carboxylic acid groups (broad SMARTS) is 1. The highest BCUT2D eigenvalue weighted by Crippen LogP contribution is 2.34. The number of benzene rings is 1. The summed E-state index contributed by atoms with van der Waals surface area (Å²) < 4.78 is 10.8. The largest absolute Gasteiger partial charge is 0.475 e. The van der Waals surface area contributed by atoms with Crippen molar-refractivity contribution in [2.24, 2.45) is 11.8 Å². The van der Waals surface area contributed by atoms with Gasteiger partial charge in [0.15, 0.2) is 0 Å². The Morgan fingerprint density at radius 2 is 1.89 bits per heavy atom. The summed E-state index contributed by atoms with van der Waals surface area (Å²) in [5.74, 6) is -2.35. The highest BCUT2D eigenvalue weighted by molar-refractivity contribution is 6.35. The van der Waals surface area contributed by atoms with E-state index in [0.717, 1.165) is 50.5 Å². The van der Waals surface area contributed by atoms with Crippen LogP contribution in [0.25, 0.3) is 0 Å². The summed E-state index contributed by atoms with van der Waals surface area (Å²) in [7, 11) is 1.29. The van der Waals surface area contributed by atoms with E-state index in [1.54, 1.807) is 11.0 Å². The molecule has 0 bridgehead atoms. The lowest BCUT2D eigenvalue weighted by molar-refractivity contribution is -0.150. The van der Waals surface area contributed by atoms with Gasteiger partial charge >= 0.3 is 18.1 Å². The number of likely N-dealkylation sites (tertiary alicyclic amines) is 1. The molecule has 38 heavy (non-hydrogen) atoms. The molecule has 3 rings (SSSR count). The maximum Gasteiger partial charge on any atom is 0.406 e. The summed E-state index contributed by atoms with van der Waals surface area (Å²) in [6.07, 6.45) is 6.06. The molecule has 0 spiro atoms. The van der Waals surface area contributed by atoms with Gasteiger partial charge in [-0.15, -0.1) is 0 Å². The first-order chi connectivity index (χ1) is 18.3. The zero-order chi connectivity index (χ0) is 27.5. The van der Waals surface area contributed by atoms with Crippen molar-refractivity contribution in [3.63, 3.8) is 0 Å². The molecule has 1 heterocycles. The molecular weight excluding hydrogens is 514 g/mol. The van der Waals surface area contributed by atoms with Crippen LogP contribution in [0, 0.1) is 11.8 Å². The molecule has 0 aromatic heterocycles. The quantitative estimate of drug-likeness (QED) is 0.277. The number of hydrogen-bond acceptors (Lipinski definition) is 6. The van der Waals surface area contributed by atoms with Crippen LogP contribution in [0.5, 0.6) is 0 Å². The Hall–Kier alpha value is -2.85. The molecule has 1 aromatic carbocycles. The lowest BCUT2D eigenvalue weighted by Crippen LogP contribution is -2.53. The minimum Gasteiger partial charge on any atom is -0.475 e. The number of carbonyl (C=O) groups excluding carboxylic acids is 3. The number of amides is 3. The van der Waals surface area contributed by atoms with Crippen LogP contribution >= 0.6 is 11.6 Å². The van der Waals surface area contributed by atoms with Gasteiger partial charge < -0.3 is 30.1 Å². The summed E-state index contributed by atoms with van der Waals surface area (Å²) in [4.78, 5) is 50.2. The van der Waals surface area contributed by atoms with Crippen LogP contribution < -0.4 is 10.6 Å². The van der Waals surface area contributed by atoms with Crippen LogP contribution in [0.4, 0.5) is 9.59 Å².